The maximum atomic E-state index is 13.6. The molecule has 0 aliphatic carbocycles. The highest BCUT2D eigenvalue weighted by molar-refractivity contribution is 5.82. The third-order valence-electron chi connectivity index (χ3n) is 5.79. The van der Waals surface area contributed by atoms with Crippen LogP contribution < -0.4 is 15.0 Å². The first-order valence-corrected chi connectivity index (χ1v) is 11.0. The smallest absolute Gasteiger partial charge is 0.262 e. The monoisotopic (exact) mass is 463 g/mol. The number of rotatable bonds is 7. The average Bonchev–Trinajstić information content (AvgIpc) is 3.35. The molecular formula is C24H25N5O5. The number of benzene rings is 2. The van der Waals surface area contributed by atoms with Gasteiger partial charge in [0.1, 0.15) is 12.4 Å². The number of aromatic nitrogens is 4. The second-order valence-electron chi connectivity index (χ2n) is 7.90. The summed E-state index contributed by atoms with van der Waals surface area (Å²) in [5.74, 6) is 2.31. The number of hydrogen-bond acceptors (Lipinski definition) is 9. The molecule has 0 spiro atoms. The molecule has 1 fully saturated rings. The van der Waals surface area contributed by atoms with E-state index in [0.29, 0.717) is 59.8 Å². The highest BCUT2D eigenvalue weighted by Crippen LogP contribution is 2.30. The first kappa shape index (κ1) is 22.1. The van der Waals surface area contributed by atoms with Gasteiger partial charge in [0.05, 0.1) is 44.9 Å². The Balaban J connectivity index is 1.57. The Hall–Kier alpha value is -3.76. The van der Waals surface area contributed by atoms with Crippen molar-refractivity contribution in [2.24, 2.45) is 0 Å². The molecule has 2 aromatic carbocycles. The van der Waals surface area contributed by atoms with E-state index in [4.69, 9.17) is 23.6 Å². The Morgan fingerprint density at radius 2 is 1.71 bits per heavy atom. The summed E-state index contributed by atoms with van der Waals surface area (Å²) in [6.45, 7) is 3.41. The molecule has 1 aliphatic heterocycles. The van der Waals surface area contributed by atoms with Crippen molar-refractivity contribution >= 4 is 10.9 Å². The van der Waals surface area contributed by atoms with E-state index in [1.807, 2.05) is 30.3 Å². The zero-order valence-electron chi connectivity index (χ0n) is 19.1. The summed E-state index contributed by atoms with van der Waals surface area (Å²) in [5, 5.41) is 8.75. The van der Waals surface area contributed by atoms with Crippen LogP contribution in [-0.2, 0) is 17.8 Å². The van der Waals surface area contributed by atoms with Gasteiger partial charge in [-0.25, -0.2) is 4.98 Å². The number of fused-ring (bicyclic) bond motifs is 1. The van der Waals surface area contributed by atoms with Crippen LogP contribution in [0.5, 0.6) is 11.5 Å². The van der Waals surface area contributed by atoms with E-state index in [1.54, 1.807) is 23.8 Å². The summed E-state index contributed by atoms with van der Waals surface area (Å²) in [4.78, 5) is 20.7. The average molecular weight is 463 g/mol. The van der Waals surface area contributed by atoms with Crippen molar-refractivity contribution in [1.29, 1.82) is 0 Å². The molecule has 34 heavy (non-hydrogen) atoms. The largest absolute Gasteiger partial charge is 0.493 e. The third-order valence-corrected chi connectivity index (χ3v) is 5.79. The zero-order chi connectivity index (χ0) is 23.5. The minimum absolute atomic E-state index is 0.107. The molecule has 2 aromatic heterocycles. The van der Waals surface area contributed by atoms with Gasteiger partial charge in [-0.15, -0.1) is 10.2 Å². The van der Waals surface area contributed by atoms with Crippen molar-refractivity contribution in [3.05, 3.63) is 64.5 Å². The second kappa shape index (κ2) is 9.62. The van der Waals surface area contributed by atoms with Crippen LogP contribution in [0.4, 0.5) is 0 Å². The van der Waals surface area contributed by atoms with Gasteiger partial charge in [0, 0.05) is 24.7 Å². The predicted molar refractivity (Wildman–Crippen MR) is 124 cm³/mol. The normalized spacial score (nSPS) is 14.4. The van der Waals surface area contributed by atoms with Crippen LogP contribution in [0.2, 0.25) is 0 Å². The SMILES string of the molecule is COc1cc2nc(CN3CCOCC3)n(Cc3nnc(-c4ccccc4)o3)c(=O)c2cc1OC. The van der Waals surface area contributed by atoms with Crippen molar-refractivity contribution in [2.45, 2.75) is 13.1 Å². The third kappa shape index (κ3) is 4.37. The standard InChI is InChI=1S/C24H25N5O5/c1-31-19-12-17-18(13-20(19)32-2)25-21(14-28-8-10-33-11-9-28)29(24(17)30)15-22-26-27-23(34-22)16-6-4-3-5-7-16/h3-7,12-13H,8-11,14-15H2,1-2H3. The molecule has 5 rings (SSSR count). The van der Waals surface area contributed by atoms with Crippen LogP contribution >= 0.6 is 0 Å². The van der Waals surface area contributed by atoms with Gasteiger partial charge in [0.2, 0.25) is 11.8 Å². The Labute approximate surface area is 195 Å². The molecule has 0 saturated carbocycles. The molecule has 3 heterocycles. The number of hydrogen-bond donors (Lipinski definition) is 0. The van der Waals surface area contributed by atoms with E-state index in [1.165, 1.54) is 7.11 Å². The van der Waals surface area contributed by atoms with Crippen LogP contribution in [0.15, 0.2) is 51.7 Å². The highest BCUT2D eigenvalue weighted by Gasteiger charge is 2.20. The Morgan fingerprint density at radius 1 is 0.971 bits per heavy atom. The fourth-order valence-corrected chi connectivity index (χ4v) is 3.99. The lowest BCUT2D eigenvalue weighted by Crippen LogP contribution is -2.38. The molecular weight excluding hydrogens is 438 g/mol. The van der Waals surface area contributed by atoms with E-state index >= 15 is 0 Å². The molecule has 10 heteroatoms. The van der Waals surface area contributed by atoms with Gasteiger partial charge in [-0.2, -0.15) is 0 Å². The minimum Gasteiger partial charge on any atom is -0.493 e. The summed E-state index contributed by atoms with van der Waals surface area (Å²) in [7, 11) is 3.09. The predicted octanol–water partition coefficient (Wildman–Crippen LogP) is 2.34. The second-order valence-corrected chi connectivity index (χ2v) is 7.90. The van der Waals surface area contributed by atoms with E-state index < -0.39 is 0 Å². The summed E-state index contributed by atoms with van der Waals surface area (Å²) in [6, 6.07) is 12.9. The lowest BCUT2D eigenvalue weighted by Gasteiger charge is -2.27. The molecule has 10 nitrogen and oxygen atoms in total. The first-order chi connectivity index (χ1) is 16.7. The summed E-state index contributed by atoms with van der Waals surface area (Å²) in [6.07, 6.45) is 0. The van der Waals surface area contributed by atoms with Crippen LogP contribution in [0.3, 0.4) is 0 Å². The quantitative estimate of drug-likeness (QED) is 0.408. The van der Waals surface area contributed by atoms with Crippen molar-refractivity contribution in [1.82, 2.24) is 24.6 Å². The molecule has 0 radical (unpaired) electrons. The zero-order valence-corrected chi connectivity index (χ0v) is 19.1. The van der Waals surface area contributed by atoms with Crippen LogP contribution in [-0.4, -0.2) is 65.2 Å². The molecule has 176 valence electrons. The highest BCUT2D eigenvalue weighted by atomic mass is 16.5. The van der Waals surface area contributed by atoms with Crippen molar-refractivity contribution in [2.75, 3.05) is 40.5 Å². The van der Waals surface area contributed by atoms with Gasteiger partial charge in [-0.1, -0.05) is 18.2 Å². The molecule has 1 aliphatic rings. The van der Waals surface area contributed by atoms with E-state index in [9.17, 15) is 4.79 Å². The molecule has 0 atom stereocenters. The van der Waals surface area contributed by atoms with E-state index in [2.05, 4.69) is 15.1 Å². The van der Waals surface area contributed by atoms with Gasteiger partial charge in [-0.3, -0.25) is 14.3 Å². The Kier molecular flexibility index (Phi) is 6.24. The number of morpholine rings is 1. The van der Waals surface area contributed by atoms with Gasteiger partial charge in [0.25, 0.3) is 5.56 Å². The maximum absolute atomic E-state index is 13.6. The first-order valence-electron chi connectivity index (χ1n) is 11.0. The number of ether oxygens (including phenoxy) is 3. The molecule has 4 aromatic rings. The Morgan fingerprint density at radius 3 is 2.44 bits per heavy atom. The number of methoxy groups -OCH3 is 2. The molecule has 1 saturated heterocycles. The lowest BCUT2D eigenvalue weighted by atomic mass is 10.2. The van der Waals surface area contributed by atoms with Gasteiger partial charge in [-0.05, 0) is 18.2 Å². The topological polar surface area (TPSA) is 105 Å². The van der Waals surface area contributed by atoms with Gasteiger partial charge in [0.15, 0.2) is 11.5 Å². The van der Waals surface area contributed by atoms with Crippen LogP contribution in [0, 0.1) is 0 Å². The lowest BCUT2D eigenvalue weighted by molar-refractivity contribution is 0.0324. The fourth-order valence-electron chi connectivity index (χ4n) is 3.99. The summed E-state index contributed by atoms with van der Waals surface area (Å²) < 4.78 is 23.7. The molecule has 0 unspecified atom stereocenters. The van der Waals surface area contributed by atoms with Crippen LogP contribution in [0.25, 0.3) is 22.4 Å². The van der Waals surface area contributed by atoms with E-state index in [0.717, 1.165) is 18.7 Å². The Bertz CT molecular complexity index is 1350. The van der Waals surface area contributed by atoms with Crippen molar-refractivity contribution < 1.29 is 18.6 Å². The number of nitrogens with zero attached hydrogens (tertiary/aromatic N) is 5. The minimum atomic E-state index is -0.214. The van der Waals surface area contributed by atoms with E-state index in [-0.39, 0.29) is 12.1 Å². The van der Waals surface area contributed by atoms with Crippen molar-refractivity contribution in [3.8, 4) is 23.0 Å². The fraction of sp³-hybridized carbons (Fsp3) is 0.333. The maximum Gasteiger partial charge on any atom is 0.262 e. The summed E-state index contributed by atoms with van der Waals surface area (Å²) >= 11 is 0. The van der Waals surface area contributed by atoms with Crippen molar-refractivity contribution in [3.63, 3.8) is 0 Å². The van der Waals surface area contributed by atoms with Crippen LogP contribution in [0.1, 0.15) is 11.7 Å². The molecule has 0 amide bonds. The van der Waals surface area contributed by atoms with Gasteiger partial charge >= 0.3 is 0 Å². The molecule has 0 N–H and O–H groups in total. The van der Waals surface area contributed by atoms with Gasteiger partial charge < -0.3 is 18.6 Å². The summed E-state index contributed by atoms with van der Waals surface area (Å²) in [5.41, 5.74) is 1.14. The molecule has 0 bridgehead atoms.